The number of methoxy groups -OCH3 is 1. The van der Waals surface area contributed by atoms with Gasteiger partial charge in [0.1, 0.15) is 5.75 Å². The summed E-state index contributed by atoms with van der Waals surface area (Å²) in [4.78, 5) is 4.21. The molecule has 0 saturated carbocycles. The van der Waals surface area contributed by atoms with E-state index in [1.807, 2.05) is 43.6 Å². The number of ether oxygens (including phenoxy) is 1. The number of nitrogens with zero attached hydrogens (tertiary/aromatic N) is 1. The van der Waals surface area contributed by atoms with Crippen LogP contribution in [-0.2, 0) is 0 Å². The third-order valence-corrected chi connectivity index (χ3v) is 2.83. The molecule has 0 aliphatic rings. The molecule has 100 valence electrons. The Bertz CT molecular complexity index is 555. The Labute approximate surface area is 113 Å². The number of hydrogen-bond donors (Lipinski definition) is 2. The molecule has 0 radical (unpaired) electrons. The van der Waals surface area contributed by atoms with Crippen LogP contribution in [0.5, 0.6) is 5.75 Å². The molecule has 2 aromatic rings. The Hall–Kier alpha value is -2.23. The number of hydrogen-bond acceptors (Lipinski definition) is 4. The largest absolute Gasteiger partial charge is 0.497 e. The summed E-state index contributed by atoms with van der Waals surface area (Å²) in [6.07, 6.45) is 3.63. The van der Waals surface area contributed by atoms with E-state index < -0.39 is 0 Å². The van der Waals surface area contributed by atoms with Gasteiger partial charge in [0.2, 0.25) is 0 Å². The first-order valence-corrected chi connectivity index (χ1v) is 6.33. The van der Waals surface area contributed by atoms with Gasteiger partial charge in [0.15, 0.2) is 0 Å². The smallest absolute Gasteiger partial charge is 0.119 e. The Kier molecular flexibility index (Phi) is 4.23. The second kappa shape index (κ2) is 6.09. The first-order chi connectivity index (χ1) is 9.22. The molecular weight excluding hydrogens is 238 g/mol. The molecule has 1 aromatic carbocycles. The van der Waals surface area contributed by atoms with Crippen molar-refractivity contribution in [3.63, 3.8) is 0 Å². The number of anilines is 3. The molecule has 2 N–H and O–H groups in total. The maximum absolute atomic E-state index is 5.20. The summed E-state index contributed by atoms with van der Waals surface area (Å²) in [6, 6.07) is 8.00. The van der Waals surface area contributed by atoms with Crippen LogP contribution in [0.25, 0.3) is 0 Å². The lowest BCUT2D eigenvalue weighted by Gasteiger charge is -2.12. The van der Waals surface area contributed by atoms with E-state index in [1.165, 1.54) is 0 Å². The summed E-state index contributed by atoms with van der Waals surface area (Å²) >= 11 is 0. The Morgan fingerprint density at radius 1 is 1.16 bits per heavy atom. The molecule has 1 aromatic heterocycles. The van der Waals surface area contributed by atoms with E-state index in [4.69, 9.17) is 4.74 Å². The predicted molar refractivity (Wildman–Crippen MR) is 79.4 cm³/mol. The summed E-state index contributed by atoms with van der Waals surface area (Å²) in [6.45, 7) is 4.99. The predicted octanol–water partition coefficient (Wildman–Crippen LogP) is 3.57. The summed E-state index contributed by atoms with van der Waals surface area (Å²) in [5.41, 5.74) is 4.16. The van der Waals surface area contributed by atoms with E-state index in [-0.39, 0.29) is 0 Å². The summed E-state index contributed by atoms with van der Waals surface area (Å²) < 4.78 is 5.20. The normalized spacial score (nSPS) is 10.1. The van der Waals surface area contributed by atoms with E-state index >= 15 is 0 Å². The van der Waals surface area contributed by atoms with Gasteiger partial charge < -0.3 is 15.4 Å². The van der Waals surface area contributed by atoms with Crippen LogP contribution < -0.4 is 15.4 Å². The molecule has 0 saturated heterocycles. The Balaban J connectivity index is 2.18. The molecule has 0 aliphatic carbocycles. The van der Waals surface area contributed by atoms with Crippen molar-refractivity contribution >= 4 is 17.1 Å². The number of aromatic nitrogens is 1. The van der Waals surface area contributed by atoms with Crippen molar-refractivity contribution in [2.24, 2.45) is 0 Å². The zero-order valence-corrected chi connectivity index (χ0v) is 11.5. The van der Waals surface area contributed by atoms with Gasteiger partial charge >= 0.3 is 0 Å². The van der Waals surface area contributed by atoms with Crippen LogP contribution in [0.4, 0.5) is 17.1 Å². The van der Waals surface area contributed by atoms with E-state index in [1.54, 1.807) is 7.11 Å². The highest BCUT2D eigenvalue weighted by Gasteiger charge is 2.02. The molecule has 0 bridgehead atoms. The monoisotopic (exact) mass is 257 g/mol. The first-order valence-electron chi connectivity index (χ1n) is 6.33. The van der Waals surface area contributed by atoms with Gasteiger partial charge in [0.05, 0.1) is 30.9 Å². The van der Waals surface area contributed by atoms with E-state index in [2.05, 4.69) is 22.5 Å². The third-order valence-electron chi connectivity index (χ3n) is 2.83. The van der Waals surface area contributed by atoms with E-state index in [0.29, 0.717) is 0 Å². The Morgan fingerprint density at radius 2 is 1.95 bits per heavy atom. The topological polar surface area (TPSA) is 46.2 Å². The summed E-state index contributed by atoms with van der Waals surface area (Å²) in [5.74, 6) is 0.863. The van der Waals surface area contributed by atoms with Crippen LogP contribution >= 0.6 is 0 Å². The van der Waals surface area contributed by atoms with Crippen molar-refractivity contribution in [2.45, 2.75) is 13.8 Å². The van der Waals surface area contributed by atoms with Gasteiger partial charge in [-0.3, -0.25) is 4.98 Å². The standard InChI is InChI=1S/C15H19N3O/c1-4-17-12-8-13(10-16-9-12)18-15-6-5-14(19-3)7-11(15)2/h5-10,17-18H,4H2,1-3H3. The SMILES string of the molecule is CCNc1cncc(Nc2ccc(OC)cc2C)c1. The van der Waals surface area contributed by atoms with Crippen molar-refractivity contribution in [3.05, 3.63) is 42.2 Å². The van der Waals surface area contributed by atoms with Gasteiger partial charge in [-0.1, -0.05) is 0 Å². The maximum Gasteiger partial charge on any atom is 0.119 e. The zero-order valence-electron chi connectivity index (χ0n) is 11.5. The van der Waals surface area contributed by atoms with Gasteiger partial charge in [-0.05, 0) is 43.7 Å². The van der Waals surface area contributed by atoms with Crippen molar-refractivity contribution < 1.29 is 4.74 Å². The number of benzene rings is 1. The molecule has 1 heterocycles. The number of aryl methyl sites for hydroxylation is 1. The van der Waals surface area contributed by atoms with Gasteiger partial charge in [-0.15, -0.1) is 0 Å². The molecule has 0 fully saturated rings. The van der Waals surface area contributed by atoms with E-state index in [9.17, 15) is 0 Å². The van der Waals surface area contributed by atoms with Crippen LogP contribution in [0.1, 0.15) is 12.5 Å². The second-order valence-corrected chi connectivity index (χ2v) is 4.30. The Morgan fingerprint density at radius 3 is 2.63 bits per heavy atom. The molecule has 0 atom stereocenters. The van der Waals surface area contributed by atoms with Crippen molar-refractivity contribution in [2.75, 3.05) is 24.3 Å². The van der Waals surface area contributed by atoms with Crippen LogP contribution in [0.2, 0.25) is 0 Å². The van der Waals surface area contributed by atoms with Crippen LogP contribution in [0.15, 0.2) is 36.7 Å². The average Bonchev–Trinajstić information content (AvgIpc) is 2.42. The lowest BCUT2D eigenvalue weighted by molar-refractivity contribution is 0.414. The highest BCUT2D eigenvalue weighted by molar-refractivity contribution is 5.66. The third kappa shape index (κ3) is 3.37. The van der Waals surface area contributed by atoms with E-state index in [0.717, 1.165) is 34.9 Å². The fraction of sp³-hybridized carbons (Fsp3) is 0.267. The van der Waals surface area contributed by atoms with Crippen molar-refractivity contribution in [1.82, 2.24) is 4.98 Å². The van der Waals surface area contributed by atoms with Crippen molar-refractivity contribution in [3.8, 4) is 5.75 Å². The minimum absolute atomic E-state index is 0.863. The maximum atomic E-state index is 5.20. The highest BCUT2D eigenvalue weighted by Crippen LogP contribution is 2.25. The molecule has 0 unspecified atom stereocenters. The second-order valence-electron chi connectivity index (χ2n) is 4.30. The fourth-order valence-corrected chi connectivity index (χ4v) is 1.87. The summed E-state index contributed by atoms with van der Waals surface area (Å²) in [5, 5.41) is 6.61. The lowest BCUT2D eigenvalue weighted by atomic mass is 10.2. The van der Waals surface area contributed by atoms with Gasteiger partial charge in [0.25, 0.3) is 0 Å². The van der Waals surface area contributed by atoms with Crippen LogP contribution in [0.3, 0.4) is 0 Å². The van der Waals surface area contributed by atoms with Crippen molar-refractivity contribution in [1.29, 1.82) is 0 Å². The minimum atomic E-state index is 0.863. The quantitative estimate of drug-likeness (QED) is 0.859. The molecule has 0 aliphatic heterocycles. The molecule has 2 rings (SSSR count). The molecule has 0 spiro atoms. The van der Waals surface area contributed by atoms with Crippen LogP contribution in [0, 0.1) is 6.92 Å². The lowest BCUT2D eigenvalue weighted by Crippen LogP contribution is -1.99. The number of rotatable bonds is 5. The zero-order chi connectivity index (χ0) is 13.7. The highest BCUT2D eigenvalue weighted by atomic mass is 16.5. The average molecular weight is 257 g/mol. The number of pyridine rings is 1. The van der Waals surface area contributed by atoms with Crippen LogP contribution in [-0.4, -0.2) is 18.6 Å². The van der Waals surface area contributed by atoms with Gasteiger partial charge in [-0.2, -0.15) is 0 Å². The molecule has 4 nitrogen and oxygen atoms in total. The minimum Gasteiger partial charge on any atom is -0.497 e. The first kappa shape index (κ1) is 13.2. The van der Waals surface area contributed by atoms with Gasteiger partial charge in [0, 0.05) is 12.2 Å². The number of nitrogens with one attached hydrogen (secondary N) is 2. The fourth-order valence-electron chi connectivity index (χ4n) is 1.87. The molecule has 19 heavy (non-hydrogen) atoms. The summed E-state index contributed by atoms with van der Waals surface area (Å²) in [7, 11) is 1.67. The molecule has 0 amide bonds. The van der Waals surface area contributed by atoms with Gasteiger partial charge in [-0.25, -0.2) is 0 Å². The molecule has 4 heteroatoms. The molecular formula is C15H19N3O.